The van der Waals surface area contributed by atoms with Gasteiger partial charge in [0.25, 0.3) is 5.69 Å². The Morgan fingerprint density at radius 2 is 1.96 bits per heavy atom. The van der Waals surface area contributed by atoms with Crippen LogP contribution in [-0.4, -0.2) is 24.9 Å². The highest BCUT2D eigenvalue weighted by Gasteiger charge is 2.32. The Labute approximate surface area is 137 Å². The molecule has 0 aliphatic carbocycles. The summed E-state index contributed by atoms with van der Waals surface area (Å²) in [6.45, 7) is 0. The number of hydrogen-bond acceptors (Lipinski definition) is 6. The number of carbonyl (C=O) groups excluding carboxylic acids is 1. The van der Waals surface area contributed by atoms with Gasteiger partial charge in [0.05, 0.1) is 24.7 Å². The number of carbonyl (C=O) groups is 1. The molecule has 0 atom stereocenters. The largest absolute Gasteiger partial charge is 0.493 e. The Balaban J connectivity index is 2.02. The molecule has 3 rings (SSSR count). The number of fused-ring (bicyclic) bond motifs is 1. The molecule has 0 radical (unpaired) electrons. The van der Waals surface area contributed by atoms with Gasteiger partial charge in [-0.1, -0.05) is 12.1 Å². The van der Waals surface area contributed by atoms with E-state index in [1.54, 1.807) is 24.3 Å². The second kappa shape index (κ2) is 6.04. The van der Waals surface area contributed by atoms with Gasteiger partial charge in [0.15, 0.2) is 17.3 Å². The van der Waals surface area contributed by atoms with E-state index in [4.69, 9.17) is 14.2 Å². The molecule has 2 aromatic rings. The van der Waals surface area contributed by atoms with Crippen molar-refractivity contribution in [3.63, 3.8) is 0 Å². The Morgan fingerprint density at radius 3 is 2.62 bits per heavy atom. The lowest BCUT2D eigenvalue weighted by atomic mass is 10.1. The number of allylic oxidation sites excluding steroid dienone is 1. The summed E-state index contributed by atoms with van der Waals surface area (Å²) in [5.74, 6) is 0.791. The average molecular weight is 327 g/mol. The van der Waals surface area contributed by atoms with Crippen LogP contribution in [0.15, 0.2) is 42.2 Å². The number of ketones is 1. The third kappa shape index (κ3) is 2.56. The van der Waals surface area contributed by atoms with Crippen LogP contribution in [0.4, 0.5) is 5.69 Å². The number of nitro benzene ring substituents is 1. The van der Waals surface area contributed by atoms with Crippen LogP contribution in [-0.2, 0) is 0 Å². The van der Waals surface area contributed by atoms with E-state index in [0.29, 0.717) is 22.6 Å². The average Bonchev–Trinajstić information content (AvgIpc) is 2.90. The van der Waals surface area contributed by atoms with Crippen LogP contribution >= 0.6 is 0 Å². The molecule has 1 aliphatic heterocycles. The number of ether oxygens (including phenoxy) is 3. The number of hydrogen-bond donors (Lipinski definition) is 0. The maximum absolute atomic E-state index is 12.5. The standard InChI is InChI=1S/C17H13NO6/c1-22-13-7-6-12-15(19)14(24-16(12)17(13)23-2)9-10-4-3-5-11(8-10)18(20)21/h3-9H,1-2H3. The molecule has 0 bridgehead atoms. The van der Waals surface area contributed by atoms with Crippen LogP contribution in [0.1, 0.15) is 15.9 Å². The molecule has 7 nitrogen and oxygen atoms in total. The Hall–Kier alpha value is -3.35. The molecular weight excluding hydrogens is 314 g/mol. The molecule has 7 heteroatoms. The van der Waals surface area contributed by atoms with E-state index in [0.717, 1.165) is 0 Å². The minimum atomic E-state index is -0.498. The SMILES string of the molecule is COc1ccc2c(c1OC)OC(=Cc1cccc([N+](=O)[O-])c1)C2=O. The molecule has 0 unspecified atom stereocenters. The molecule has 0 aromatic heterocycles. The molecule has 2 aromatic carbocycles. The molecule has 0 amide bonds. The molecular formula is C17H13NO6. The summed E-state index contributed by atoms with van der Waals surface area (Å²) >= 11 is 0. The molecule has 122 valence electrons. The van der Waals surface area contributed by atoms with E-state index >= 15 is 0 Å². The Kier molecular flexibility index (Phi) is 3.91. The first-order valence-electron chi connectivity index (χ1n) is 6.99. The van der Waals surface area contributed by atoms with Gasteiger partial charge in [-0.05, 0) is 23.8 Å². The minimum absolute atomic E-state index is 0.0634. The molecule has 24 heavy (non-hydrogen) atoms. The zero-order valence-corrected chi connectivity index (χ0v) is 12.9. The molecule has 1 aliphatic rings. The van der Waals surface area contributed by atoms with Crippen molar-refractivity contribution < 1.29 is 23.9 Å². The second-order valence-electron chi connectivity index (χ2n) is 4.97. The number of nitro groups is 1. The Morgan fingerprint density at radius 1 is 1.17 bits per heavy atom. The summed E-state index contributed by atoms with van der Waals surface area (Å²) in [6, 6.07) is 9.15. The van der Waals surface area contributed by atoms with Crippen LogP contribution in [0, 0.1) is 10.1 Å². The summed E-state index contributed by atoms with van der Waals surface area (Å²) in [5, 5.41) is 10.8. The van der Waals surface area contributed by atoms with Crippen molar-refractivity contribution in [2.24, 2.45) is 0 Å². The first-order chi connectivity index (χ1) is 11.5. The normalized spacial score (nSPS) is 14.2. The van der Waals surface area contributed by atoms with Crippen molar-refractivity contribution in [1.29, 1.82) is 0 Å². The van der Waals surface area contributed by atoms with Crippen molar-refractivity contribution in [3.05, 3.63) is 63.4 Å². The minimum Gasteiger partial charge on any atom is -0.493 e. The fourth-order valence-corrected chi connectivity index (χ4v) is 2.44. The zero-order valence-electron chi connectivity index (χ0n) is 12.9. The van der Waals surface area contributed by atoms with Gasteiger partial charge < -0.3 is 14.2 Å². The van der Waals surface area contributed by atoms with E-state index in [2.05, 4.69) is 0 Å². The first-order valence-corrected chi connectivity index (χ1v) is 6.99. The number of non-ortho nitro benzene ring substituents is 1. The molecule has 0 saturated heterocycles. The van der Waals surface area contributed by atoms with Crippen molar-refractivity contribution in [1.82, 2.24) is 0 Å². The van der Waals surface area contributed by atoms with Gasteiger partial charge in [0.1, 0.15) is 0 Å². The highest BCUT2D eigenvalue weighted by molar-refractivity contribution is 6.15. The van der Waals surface area contributed by atoms with Gasteiger partial charge in [-0.2, -0.15) is 0 Å². The monoisotopic (exact) mass is 327 g/mol. The van der Waals surface area contributed by atoms with Crippen LogP contribution in [0.25, 0.3) is 6.08 Å². The second-order valence-corrected chi connectivity index (χ2v) is 4.97. The van der Waals surface area contributed by atoms with E-state index in [-0.39, 0.29) is 23.0 Å². The van der Waals surface area contributed by atoms with E-state index < -0.39 is 4.92 Å². The molecule has 0 saturated carbocycles. The topological polar surface area (TPSA) is 87.9 Å². The van der Waals surface area contributed by atoms with Gasteiger partial charge in [0.2, 0.25) is 11.5 Å². The quantitative estimate of drug-likeness (QED) is 0.487. The summed E-state index contributed by atoms with van der Waals surface area (Å²) in [4.78, 5) is 22.8. The third-order valence-corrected chi connectivity index (χ3v) is 3.56. The summed E-state index contributed by atoms with van der Waals surface area (Å²) in [6.07, 6.45) is 1.46. The summed E-state index contributed by atoms with van der Waals surface area (Å²) in [7, 11) is 2.94. The highest BCUT2D eigenvalue weighted by Crippen LogP contribution is 2.45. The van der Waals surface area contributed by atoms with Crippen molar-refractivity contribution in [2.45, 2.75) is 0 Å². The van der Waals surface area contributed by atoms with Gasteiger partial charge in [-0.15, -0.1) is 0 Å². The zero-order chi connectivity index (χ0) is 17.3. The molecule has 0 fully saturated rings. The molecule has 1 heterocycles. The molecule has 0 N–H and O–H groups in total. The van der Waals surface area contributed by atoms with Crippen LogP contribution in [0.2, 0.25) is 0 Å². The van der Waals surface area contributed by atoms with Crippen LogP contribution in [0.3, 0.4) is 0 Å². The number of rotatable bonds is 4. The van der Waals surface area contributed by atoms with E-state index in [1.807, 2.05) is 0 Å². The van der Waals surface area contributed by atoms with E-state index in [1.165, 1.54) is 32.4 Å². The number of benzene rings is 2. The van der Waals surface area contributed by atoms with Gasteiger partial charge >= 0.3 is 0 Å². The summed E-state index contributed by atoms with van der Waals surface area (Å²) in [5.41, 5.74) is 0.780. The highest BCUT2D eigenvalue weighted by atomic mass is 16.6. The maximum atomic E-state index is 12.5. The van der Waals surface area contributed by atoms with Gasteiger partial charge in [-0.25, -0.2) is 0 Å². The first kappa shape index (κ1) is 15.5. The van der Waals surface area contributed by atoms with Crippen molar-refractivity contribution in [2.75, 3.05) is 14.2 Å². The Bertz CT molecular complexity index is 871. The fraction of sp³-hybridized carbons (Fsp3) is 0.118. The predicted octanol–water partition coefficient (Wildman–Crippen LogP) is 3.23. The number of nitrogens with zero attached hydrogens (tertiary/aromatic N) is 1. The molecule has 0 spiro atoms. The van der Waals surface area contributed by atoms with E-state index in [9.17, 15) is 14.9 Å². The number of Topliss-reactive ketones (excluding diaryl/α,β-unsaturated/α-hetero) is 1. The lowest BCUT2D eigenvalue weighted by molar-refractivity contribution is -0.384. The summed E-state index contributed by atoms with van der Waals surface area (Å²) < 4.78 is 16.1. The van der Waals surface area contributed by atoms with Crippen molar-refractivity contribution in [3.8, 4) is 17.2 Å². The van der Waals surface area contributed by atoms with Crippen LogP contribution in [0.5, 0.6) is 17.2 Å². The number of methoxy groups -OCH3 is 2. The van der Waals surface area contributed by atoms with Crippen molar-refractivity contribution >= 4 is 17.5 Å². The fourth-order valence-electron chi connectivity index (χ4n) is 2.44. The lowest BCUT2D eigenvalue weighted by Crippen LogP contribution is -1.98. The lowest BCUT2D eigenvalue weighted by Gasteiger charge is -2.10. The van der Waals surface area contributed by atoms with Gasteiger partial charge in [-0.3, -0.25) is 14.9 Å². The van der Waals surface area contributed by atoms with Gasteiger partial charge in [0, 0.05) is 12.1 Å². The third-order valence-electron chi connectivity index (χ3n) is 3.56. The van der Waals surface area contributed by atoms with Crippen LogP contribution < -0.4 is 14.2 Å². The smallest absolute Gasteiger partial charge is 0.270 e. The maximum Gasteiger partial charge on any atom is 0.270 e. The predicted molar refractivity (Wildman–Crippen MR) is 85.6 cm³/mol.